The molecule has 0 atom stereocenters. The van der Waals surface area contributed by atoms with Gasteiger partial charge in [0.15, 0.2) is 0 Å². The van der Waals surface area contributed by atoms with Gasteiger partial charge in [-0.3, -0.25) is 0 Å². The van der Waals surface area contributed by atoms with Crippen molar-refractivity contribution in [3.05, 3.63) is 0 Å². The summed E-state index contributed by atoms with van der Waals surface area (Å²) in [5, 5.41) is 3.56. The second kappa shape index (κ2) is 4.84. The fraction of sp³-hybridized carbons (Fsp3) is 0.909. The number of hydrogen-bond acceptors (Lipinski definition) is 3. The van der Waals surface area contributed by atoms with Gasteiger partial charge < -0.3 is 15.0 Å². The van der Waals surface area contributed by atoms with Crippen molar-refractivity contribution in [2.24, 2.45) is 0 Å². The zero-order valence-electron chi connectivity index (χ0n) is 10.2. The van der Waals surface area contributed by atoms with Gasteiger partial charge in [0.25, 0.3) is 0 Å². The third kappa shape index (κ3) is 4.08. The number of carbonyl (C=O) groups excluding carboxylic acids is 1. The smallest absolute Gasteiger partial charge is 0.409 e. The lowest BCUT2D eigenvalue weighted by molar-refractivity contribution is 0.107. The first-order chi connectivity index (χ1) is 6.92. The van der Waals surface area contributed by atoms with Crippen LogP contribution in [-0.4, -0.2) is 42.8 Å². The van der Waals surface area contributed by atoms with E-state index >= 15 is 0 Å². The van der Waals surface area contributed by atoms with Crippen LogP contribution in [0, 0.1) is 0 Å². The Labute approximate surface area is 92.0 Å². The second-order valence-corrected chi connectivity index (χ2v) is 5.13. The highest BCUT2D eigenvalue weighted by Gasteiger charge is 2.25. The number of nitrogens with one attached hydrogen (secondary N) is 1. The lowest BCUT2D eigenvalue weighted by atomic mass is 10.0. The molecule has 0 aliphatic carbocycles. The van der Waals surface area contributed by atoms with E-state index in [4.69, 9.17) is 4.74 Å². The molecule has 1 amide bonds. The number of piperidine rings is 1. The van der Waals surface area contributed by atoms with E-state index in [0.29, 0.717) is 6.04 Å². The zero-order chi connectivity index (χ0) is 11.5. The molecule has 1 rings (SSSR count). The molecular formula is C11H22N2O2. The molecule has 0 unspecified atom stereocenters. The third-order valence-corrected chi connectivity index (χ3v) is 2.56. The largest absolute Gasteiger partial charge is 0.453 e. The minimum absolute atomic E-state index is 0.151. The van der Waals surface area contributed by atoms with Gasteiger partial charge in [0.05, 0.1) is 7.11 Å². The van der Waals surface area contributed by atoms with Crippen LogP contribution in [0.25, 0.3) is 0 Å². The van der Waals surface area contributed by atoms with Crippen LogP contribution in [0.2, 0.25) is 0 Å². The van der Waals surface area contributed by atoms with Crippen LogP contribution in [-0.2, 0) is 4.74 Å². The van der Waals surface area contributed by atoms with E-state index in [1.165, 1.54) is 7.11 Å². The van der Waals surface area contributed by atoms with Crippen LogP contribution in [0.15, 0.2) is 0 Å². The lowest BCUT2D eigenvalue weighted by Crippen LogP contribution is -2.50. The van der Waals surface area contributed by atoms with E-state index in [0.717, 1.165) is 25.9 Å². The van der Waals surface area contributed by atoms with Crippen LogP contribution in [0.3, 0.4) is 0 Å². The van der Waals surface area contributed by atoms with Gasteiger partial charge in [-0.25, -0.2) is 4.79 Å². The van der Waals surface area contributed by atoms with Gasteiger partial charge in [0.2, 0.25) is 0 Å². The van der Waals surface area contributed by atoms with Gasteiger partial charge in [-0.1, -0.05) is 0 Å². The quantitative estimate of drug-likeness (QED) is 0.721. The zero-order valence-corrected chi connectivity index (χ0v) is 10.2. The number of hydrogen-bond donors (Lipinski definition) is 1. The molecule has 0 radical (unpaired) electrons. The minimum Gasteiger partial charge on any atom is -0.453 e. The van der Waals surface area contributed by atoms with Crippen molar-refractivity contribution in [1.82, 2.24) is 10.2 Å². The van der Waals surface area contributed by atoms with Gasteiger partial charge >= 0.3 is 6.09 Å². The Morgan fingerprint density at radius 2 is 1.87 bits per heavy atom. The van der Waals surface area contributed by atoms with Crippen LogP contribution in [0.5, 0.6) is 0 Å². The first-order valence-electron chi connectivity index (χ1n) is 5.53. The van der Waals surface area contributed by atoms with Crippen LogP contribution in [0.4, 0.5) is 4.79 Å². The van der Waals surface area contributed by atoms with E-state index in [1.807, 2.05) is 0 Å². The molecule has 0 saturated carbocycles. The SMILES string of the molecule is COC(=O)N1CCC(NC(C)(C)C)CC1. The number of carbonyl (C=O) groups is 1. The number of nitrogens with zero attached hydrogens (tertiary/aromatic N) is 1. The summed E-state index contributed by atoms with van der Waals surface area (Å²) in [6, 6.07) is 0.519. The van der Waals surface area contributed by atoms with Gasteiger partial charge in [0, 0.05) is 24.7 Å². The number of amides is 1. The average Bonchev–Trinajstić information content (AvgIpc) is 2.15. The summed E-state index contributed by atoms with van der Waals surface area (Å²) in [6.07, 6.45) is 1.81. The Hall–Kier alpha value is -0.770. The lowest BCUT2D eigenvalue weighted by Gasteiger charge is -2.35. The van der Waals surface area contributed by atoms with E-state index in [2.05, 4.69) is 26.1 Å². The maximum atomic E-state index is 11.2. The van der Waals surface area contributed by atoms with E-state index in [9.17, 15) is 4.79 Å². The van der Waals surface area contributed by atoms with Crippen molar-refractivity contribution in [2.45, 2.75) is 45.2 Å². The van der Waals surface area contributed by atoms with E-state index < -0.39 is 0 Å². The number of likely N-dealkylation sites (tertiary alicyclic amines) is 1. The molecule has 4 nitrogen and oxygen atoms in total. The number of rotatable bonds is 1. The highest BCUT2D eigenvalue weighted by molar-refractivity contribution is 5.67. The molecule has 0 spiro atoms. The number of methoxy groups -OCH3 is 1. The van der Waals surface area contributed by atoms with Gasteiger partial charge in [-0.2, -0.15) is 0 Å². The van der Waals surface area contributed by atoms with Crippen molar-refractivity contribution in [3.63, 3.8) is 0 Å². The predicted octanol–water partition coefficient (Wildman–Crippen LogP) is 1.61. The first kappa shape index (κ1) is 12.3. The van der Waals surface area contributed by atoms with Crippen LogP contribution >= 0.6 is 0 Å². The summed E-state index contributed by atoms with van der Waals surface area (Å²) in [5.74, 6) is 0. The minimum atomic E-state index is -0.204. The number of ether oxygens (including phenoxy) is 1. The topological polar surface area (TPSA) is 41.6 Å². The Morgan fingerprint density at radius 3 is 2.27 bits per heavy atom. The molecule has 0 aromatic carbocycles. The summed E-state index contributed by atoms with van der Waals surface area (Å²) in [6.45, 7) is 8.08. The molecule has 1 N–H and O–H groups in total. The first-order valence-corrected chi connectivity index (χ1v) is 5.53. The van der Waals surface area contributed by atoms with Crippen molar-refractivity contribution in [3.8, 4) is 0 Å². The Kier molecular flexibility index (Phi) is 3.97. The Morgan fingerprint density at radius 1 is 1.33 bits per heavy atom. The van der Waals surface area contributed by atoms with Crippen LogP contribution in [0.1, 0.15) is 33.6 Å². The molecule has 1 aliphatic heterocycles. The second-order valence-electron chi connectivity index (χ2n) is 5.13. The third-order valence-electron chi connectivity index (χ3n) is 2.56. The summed E-state index contributed by atoms with van der Waals surface area (Å²) in [7, 11) is 1.43. The predicted molar refractivity (Wildman–Crippen MR) is 59.9 cm³/mol. The molecule has 0 aromatic rings. The summed E-state index contributed by atoms with van der Waals surface area (Å²) >= 11 is 0. The summed E-state index contributed by atoms with van der Waals surface area (Å²) in [4.78, 5) is 13.0. The van der Waals surface area contributed by atoms with Gasteiger partial charge in [0.1, 0.15) is 0 Å². The van der Waals surface area contributed by atoms with Crippen molar-refractivity contribution in [1.29, 1.82) is 0 Å². The molecule has 4 heteroatoms. The van der Waals surface area contributed by atoms with Crippen molar-refractivity contribution >= 4 is 6.09 Å². The molecular weight excluding hydrogens is 192 g/mol. The van der Waals surface area contributed by atoms with Crippen molar-refractivity contribution in [2.75, 3.05) is 20.2 Å². The highest BCUT2D eigenvalue weighted by atomic mass is 16.5. The molecule has 1 heterocycles. The normalized spacial score (nSPS) is 19.1. The van der Waals surface area contributed by atoms with E-state index in [1.54, 1.807) is 4.90 Å². The van der Waals surface area contributed by atoms with Gasteiger partial charge in [-0.05, 0) is 33.6 Å². The molecule has 1 aliphatic rings. The maximum Gasteiger partial charge on any atom is 0.409 e. The summed E-state index contributed by atoms with van der Waals surface area (Å²) < 4.78 is 4.69. The molecule has 15 heavy (non-hydrogen) atoms. The van der Waals surface area contributed by atoms with Crippen LogP contribution < -0.4 is 5.32 Å². The summed E-state index contributed by atoms with van der Waals surface area (Å²) in [5.41, 5.74) is 0.151. The van der Waals surface area contributed by atoms with Gasteiger partial charge in [-0.15, -0.1) is 0 Å². The fourth-order valence-corrected chi connectivity index (χ4v) is 1.95. The Balaban J connectivity index is 2.33. The molecule has 1 saturated heterocycles. The average molecular weight is 214 g/mol. The Bertz CT molecular complexity index is 215. The molecule has 1 fully saturated rings. The monoisotopic (exact) mass is 214 g/mol. The standard InChI is InChI=1S/C11H22N2O2/c1-11(2,3)12-9-5-7-13(8-6-9)10(14)15-4/h9,12H,5-8H2,1-4H3. The fourth-order valence-electron chi connectivity index (χ4n) is 1.95. The molecule has 0 bridgehead atoms. The van der Waals surface area contributed by atoms with Crippen molar-refractivity contribution < 1.29 is 9.53 Å². The highest BCUT2D eigenvalue weighted by Crippen LogP contribution is 2.14. The molecule has 0 aromatic heterocycles. The molecule has 88 valence electrons. The maximum absolute atomic E-state index is 11.2. The van der Waals surface area contributed by atoms with E-state index in [-0.39, 0.29) is 11.6 Å².